The van der Waals surface area contributed by atoms with E-state index < -0.39 is 5.91 Å². The molecule has 2 rings (SSSR count). The van der Waals surface area contributed by atoms with Crippen LogP contribution in [0.1, 0.15) is 10.4 Å². The zero-order valence-corrected chi connectivity index (χ0v) is 11.2. The van der Waals surface area contributed by atoms with Crippen LogP contribution in [0, 0.1) is 0 Å². The number of hydrogen-bond acceptors (Lipinski definition) is 2. The predicted octanol–water partition coefficient (Wildman–Crippen LogP) is 3.71. The van der Waals surface area contributed by atoms with Gasteiger partial charge in [-0.2, -0.15) is 0 Å². The lowest BCUT2D eigenvalue weighted by Gasteiger charge is -2.14. The van der Waals surface area contributed by atoms with Crippen LogP contribution < -0.4 is 4.90 Å². The molecular weight excluding hydrogens is 285 g/mol. The minimum absolute atomic E-state index is 0.302. The molecule has 0 saturated heterocycles. The van der Waals surface area contributed by atoms with Crippen molar-refractivity contribution in [2.75, 3.05) is 4.90 Å². The maximum Gasteiger partial charge on any atom is 0.324 e. The topological polar surface area (TPSA) is 37.4 Å². The standard InChI is InChI=1S/C14H8Cl2NO2/c15-11-4-1-3-10(7-11)14(19)17(9-18)13-6-2-5-12(16)8-13/h1-8H. The number of anilines is 1. The van der Waals surface area contributed by atoms with Crippen molar-refractivity contribution in [1.29, 1.82) is 0 Å². The molecule has 0 atom stereocenters. The maximum absolute atomic E-state index is 12.2. The highest BCUT2D eigenvalue weighted by Gasteiger charge is 2.18. The molecule has 2 aromatic rings. The van der Waals surface area contributed by atoms with Gasteiger partial charge < -0.3 is 0 Å². The third-order valence-corrected chi connectivity index (χ3v) is 2.90. The van der Waals surface area contributed by atoms with Crippen molar-refractivity contribution in [3.63, 3.8) is 0 Å². The Hall–Kier alpha value is -1.84. The van der Waals surface area contributed by atoms with Gasteiger partial charge in [-0.05, 0) is 36.4 Å². The van der Waals surface area contributed by atoms with E-state index in [2.05, 4.69) is 0 Å². The first kappa shape index (κ1) is 13.6. The van der Waals surface area contributed by atoms with Crippen molar-refractivity contribution < 1.29 is 9.59 Å². The van der Waals surface area contributed by atoms with Crippen LogP contribution in [-0.2, 0) is 4.79 Å². The van der Waals surface area contributed by atoms with Crippen molar-refractivity contribution in [2.45, 2.75) is 0 Å². The molecule has 0 aliphatic heterocycles. The van der Waals surface area contributed by atoms with Crippen molar-refractivity contribution in [3.05, 3.63) is 64.1 Å². The van der Waals surface area contributed by atoms with Gasteiger partial charge in [0.2, 0.25) is 0 Å². The highest BCUT2D eigenvalue weighted by atomic mass is 35.5. The summed E-state index contributed by atoms with van der Waals surface area (Å²) < 4.78 is 0. The van der Waals surface area contributed by atoms with Crippen LogP contribution in [0.3, 0.4) is 0 Å². The average molecular weight is 293 g/mol. The second kappa shape index (κ2) is 5.87. The van der Waals surface area contributed by atoms with Gasteiger partial charge in [0, 0.05) is 15.6 Å². The minimum atomic E-state index is -0.514. The predicted molar refractivity (Wildman–Crippen MR) is 75.4 cm³/mol. The van der Waals surface area contributed by atoms with E-state index in [1.807, 2.05) is 0 Å². The lowest BCUT2D eigenvalue weighted by Crippen LogP contribution is -2.29. The molecule has 19 heavy (non-hydrogen) atoms. The SMILES string of the molecule is O=[C]N(C(=O)c1cccc(Cl)c1)c1cccc(Cl)c1. The van der Waals surface area contributed by atoms with E-state index in [1.165, 1.54) is 12.1 Å². The number of carbonyl (C=O) groups is 1. The molecule has 3 nitrogen and oxygen atoms in total. The first-order valence-electron chi connectivity index (χ1n) is 5.35. The quantitative estimate of drug-likeness (QED) is 0.809. The molecular formula is C14H8Cl2NO2. The number of nitrogens with zero attached hydrogens (tertiary/aromatic N) is 1. The molecule has 2 aromatic carbocycles. The summed E-state index contributed by atoms with van der Waals surface area (Å²) in [7, 11) is 0. The van der Waals surface area contributed by atoms with Gasteiger partial charge in [0.1, 0.15) is 0 Å². The third kappa shape index (κ3) is 3.13. The van der Waals surface area contributed by atoms with Crippen LogP contribution in [0.5, 0.6) is 0 Å². The van der Waals surface area contributed by atoms with Gasteiger partial charge in [-0.25, -0.2) is 4.90 Å². The minimum Gasteiger partial charge on any atom is -0.268 e. The van der Waals surface area contributed by atoms with Crippen molar-refractivity contribution in [3.8, 4) is 0 Å². The zero-order chi connectivity index (χ0) is 13.8. The molecule has 1 radical (unpaired) electrons. The lowest BCUT2D eigenvalue weighted by atomic mass is 10.2. The first-order chi connectivity index (χ1) is 9.11. The Morgan fingerprint density at radius 1 is 1.00 bits per heavy atom. The number of imide groups is 1. The van der Waals surface area contributed by atoms with Crippen molar-refractivity contribution in [2.24, 2.45) is 0 Å². The van der Waals surface area contributed by atoms with Gasteiger partial charge in [-0.1, -0.05) is 35.3 Å². The van der Waals surface area contributed by atoms with Crippen LogP contribution in [0.25, 0.3) is 0 Å². The van der Waals surface area contributed by atoms with Gasteiger partial charge in [0.15, 0.2) is 0 Å². The van der Waals surface area contributed by atoms with Crippen molar-refractivity contribution in [1.82, 2.24) is 0 Å². The largest absolute Gasteiger partial charge is 0.324 e. The fourth-order valence-corrected chi connectivity index (χ4v) is 1.95. The highest BCUT2D eigenvalue weighted by molar-refractivity contribution is 6.32. The van der Waals surface area contributed by atoms with Crippen LogP contribution >= 0.6 is 23.2 Å². The Morgan fingerprint density at radius 2 is 1.63 bits per heavy atom. The molecule has 0 aliphatic rings. The van der Waals surface area contributed by atoms with E-state index in [0.29, 0.717) is 21.3 Å². The van der Waals surface area contributed by atoms with E-state index in [4.69, 9.17) is 23.2 Å². The number of rotatable bonds is 3. The van der Waals surface area contributed by atoms with Gasteiger partial charge in [-0.3, -0.25) is 9.59 Å². The van der Waals surface area contributed by atoms with Gasteiger partial charge >= 0.3 is 6.41 Å². The summed E-state index contributed by atoms with van der Waals surface area (Å²) in [6, 6.07) is 12.7. The Bertz CT molecular complexity index is 628. The van der Waals surface area contributed by atoms with E-state index in [9.17, 15) is 9.59 Å². The molecule has 0 N–H and O–H groups in total. The number of amides is 2. The smallest absolute Gasteiger partial charge is 0.268 e. The fraction of sp³-hybridized carbons (Fsp3) is 0. The molecule has 0 unspecified atom stereocenters. The Balaban J connectivity index is 2.37. The Labute approximate surface area is 120 Å². The van der Waals surface area contributed by atoms with Crippen LogP contribution in [-0.4, -0.2) is 12.3 Å². The summed E-state index contributed by atoms with van der Waals surface area (Å²) in [6.07, 6.45) is 1.60. The summed E-state index contributed by atoms with van der Waals surface area (Å²) in [4.78, 5) is 24.1. The van der Waals surface area contributed by atoms with Crippen molar-refractivity contribution >= 4 is 41.2 Å². The van der Waals surface area contributed by atoms with Crippen LogP contribution in [0.15, 0.2) is 48.5 Å². The number of hydrogen-bond donors (Lipinski definition) is 0. The molecule has 0 fully saturated rings. The second-order valence-corrected chi connectivity index (χ2v) is 4.59. The summed E-state index contributed by atoms with van der Waals surface area (Å²) in [6.45, 7) is 0. The summed E-state index contributed by atoms with van der Waals surface area (Å²) in [5.74, 6) is -0.514. The van der Waals surface area contributed by atoms with Gasteiger partial charge in [-0.15, -0.1) is 0 Å². The van der Waals surface area contributed by atoms with E-state index in [0.717, 1.165) is 4.90 Å². The number of benzene rings is 2. The number of halogens is 2. The maximum atomic E-state index is 12.2. The highest BCUT2D eigenvalue weighted by Crippen LogP contribution is 2.21. The average Bonchev–Trinajstić information content (AvgIpc) is 2.39. The summed E-state index contributed by atoms with van der Waals surface area (Å²) in [5.41, 5.74) is 0.656. The molecule has 2 amide bonds. The van der Waals surface area contributed by atoms with Crippen LogP contribution in [0.4, 0.5) is 5.69 Å². The van der Waals surface area contributed by atoms with E-state index in [-0.39, 0.29) is 0 Å². The van der Waals surface area contributed by atoms with E-state index >= 15 is 0 Å². The normalized spacial score (nSPS) is 10.0. The monoisotopic (exact) mass is 292 g/mol. The van der Waals surface area contributed by atoms with Gasteiger partial charge in [0.05, 0.1) is 5.69 Å². The second-order valence-electron chi connectivity index (χ2n) is 3.72. The van der Waals surface area contributed by atoms with E-state index in [1.54, 1.807) is 42.8 Å². The first-order valence-corrected chi connectivity index (χ1v) is 6.11. The molecule has 95 valence electrons. The molecule has 0 heterocycles. The molecule has 0 aliphatic carbocycles. The molecule has 5 heteroatoms. The molecule has 0 bridgehead atoms. The molecule has 0 aromatic heterocycles. The Kier molecular flexibility index (Phi) is 4.20. The molecule has 0 saturated carbocycles. The molecule has 0 spiro atoms. The lowest BCUT2D eigenvalue weighted by molar-refractivity contribution is 0.100. The zero-order valence-electron chi connectivity index (χ0n) is 9.64. The summed E-state index contributed by atoms with van der Waals surface area (Å²) >= 11 is 11.7. The summed E-state index contributed by atoms with van der Waals surface area (Å²) in [5, 5.41) is 0.847. The number of carbonyl (C=O) groups excluding carboxylic acids is 2. The third-order valence-electron chi connectivity index (χ3n) is 2.43. The van der Waals surface area contributed by atoms with Crippen LogP contribution in [0.2, 0.25) is 10.0 Å². The fourth-order valence-electron chi connectivity index (χ4n) is 1.58. The van der Waals surface area contributed by atoms with Gasteiger partial charge in [0.25, 0.3) is 5.91 Å². The Morgan fingerprint density at radius 3 is 2.21 bits per heavy atom.